The van der Waals surface area contributed by atoms with Crippen molar-refractivity contribution >= 4 is 34.1 Å². The highest BCUT2D eigenvalue weighted by molar-refractivity contribution is 7.99. The van der Waals surface area contributed by atoms with Crippen molar-refractivity contribution in [3.05, 3.63) is 41.4 Å². The second-order valence-electron chi connectivity index (χ2n) is 5.77. The maximum atomic E-state index is 12.1. The molecule has 0 saturated carbocycles. The molecule has 1 amide bonds. The smallest absolute Gasteiger partial charge is 0.236 e. The zero-order valence-electron chi connectivity index (χ0n) is 14.3. The number of thiazole rings is 1. The Bertz CT molecular complexity index is 857. The number of carbonyl (C=O) groups is 1. The van der Waals surface area contributed by atoms with E-state index in [1.807, 2.05) is 42.6 Å². The molecule has 2 aromatic heterocycles. The maximum Gasteiger partial charge on any atom is 0.236 e. The predicted octanol–water partition coefficient (Wildman–Crippen LogP) is 4.02. The number of nitrogens with one attached hydrogen (secondary N) is 1. The zero-order chi connectivity index (χ0) is 17.8. The van der Waals surface area contributed by atoms with Crippen molar-refractivity contribution in [1.29, 1.82) is 0 Å². The standard InChI is InChI=1S/C17H19N5OS2/c1-11(2)22-15(13-7-5-4-6-8-13)20-21-17(22)25-10-14(23)19-16-18-12(3)9-24-16/h4-9,11H,10H2,1-3H3,(H,18,19,23). The van der Waals surface area contributed by atoms with Gasteiger partial charge in [0.05, 0.1) is 11.4 Å². The minimum Gasteiger partial charge on any atom is -0.301 e. The maximum absolute atomic E-state index is 12.1. The summed E-state index contributed by atoms with van der Waals surface area (Å²) in [5.41, 5.74) is 1.92. The molecule has 0 atom stereocenters. The van der Waals surface area contributed by atoms with E-state index in [-0.39, 0.29) is 17.7 Å². The number of hydrogen-bond donors (Lipinski definition) is 1. The van der Waals surface area contributed by atoms with Crippen LogP contribution in [0.4, 0.5) is 5.13 Å². The van der Waals surface area contributed by atoms with Crippen LogP contribution in [0.2, 0.25) is 0 Å². The van der Waals surface area contributed by atoms with Crippen molar-refractivity contribution < 1.29 is 4.79 Å². The molecule has 0 unspecified atom stereocenters. The minimum atomic E-state index is -0.0982. The molecule has 25 heavy (non-hydrogen) atoms. The molecule has 130 valence electrons. The molecule has 0 spiro atoms. The summed E-state index contributed by atoms with van der Waals surface area (Å²) in [7, 11) is 0. The molecular formula is C17H19N5OS2. The molecule has 3 aromatic rings. The number of aromatic nitrogens is 4. The summed E-state index contributed by atoms with van der Waals surface area (Å²) in [5.74, 6) is 0.978. The first-order valence-electron chi connectivity index (χ1n) is 7.89. The van der Waals surface area contributed by atoms with Gasteiger partial charge in [-0.25, -0.2) is 4.98 Å². The highest BCUT2D eigenvalue weighted by Crippen LogP contribution is 2.27. The minimum absolute atomic E-state index is 0.0982. The Balaban J connectivity index is 1.72. The van der Waals surface area contributed by atoms with Gasteiger partial charge >= 0.3 is 0 Å². The third kappa shape index (κ3) is 4.26. The van der Waals surface area contributed by atoms with E-state index in [2.05, 4.69) is 38.9 Å². The molecule has 0 aliphatic rings. The van der Waals surface area contributed by atoms with Crippen LogP contribution in [0, 0.1) is 6.92 Å². The van der Waals surface area contributed by atoms with Crippen molar-refractivity contribution in [2.45, 2.75) is 32.0 Å². The van der Waals surface area contributed by atoms with E-state index in [0.717, 1.165) is 22.2 Å². The fraction of sp³-hybridized carbons (Fsp3) is 0.294. The molecule has 1 N–H and O–H groups in total. The second-order valence-corrected chi connectivity index (χ2v) is 7.57. The van der Waals surface area contributed by atoms with Crippen LogP contribution in [0.5, 0.6) is 0 Å². The summed E-state index contributed by atoms with van der Waals surface area (Å²) in [6.07, 6.45) is 0. The summed E-state index contributed by atoms with van der Waals surface area (Å²) in [6, 6.07) is 10.1. The first-order valence-corrected chi connectivity index (χ1v) is 9.76. The number of amides is 1. The summed E-state index contributed by atoms with van der Waals surface area (Å²) >= 11 is 2.80. The van der Waals surface area contributed by atoms with E-state index in [4.69, 9.17) is 0 Å². The molecule has 0 aliphatic carbocycles. The Morgan fingerprint density at radius 2 is 2.04 bits per heavy atom. The number of rotatable bonds is 6. The summed E-state index contributed by atoms with van der Waals surface area (Å²) in [4.78, 5) is 16.4. The third-order valence-corrected chi connectivity index (χ3v) is 5.23. The Morgan fingerprint density at radius 1 is 1.28 bits per heavy atom. The molecule has 0 fully saturated rings. The second kappa shape index (κ2) is 7.79. The van der Waals surface area contributed by atoms with E-state index in [1.54, 1.807) is 0 Å². The Kier molecular flexibility index (Phi) is 5.50. The van der Waals surface area contributed by atoms with E-state index < -0.39 is 0 Å². The van der Waals surface area contributed by atoms with Gasteiger partial charge in [-0.3, -0.25) is 9.36 Å². The van der Waals surface area contributed by atoms with Crippen LogP contribution in [0.15, 0.2) is 40.9 Å². The van der Waals surface area contributed by atoms with Gasteiger partial charge < -0.3 is 5.32 Å². The molecule has 3 rings (SSSR count). The topological polar surface area (TPSA) is 72.7 Å². The summed E-state index contributed by atoms with van der Waals surface area (Å²) in [5, 5.41) is 14.7. The predicted molar refractivity (Wildman–Crippen MR) is 102 cm³/mol. The Morgan fingerprint density at radius 3 is 2.68 bits per heavy atom. The average molecular weight is 374 g/mol. The molecule has 0 bridgehead atoms. The fourth-order valence-corrected chi connectivity index (χ4v) is 3.89. The molecule has 0 aliphatic heterocycles. The lowest BCUT2D eigenvalue weighted by molar-refractivity contribution is -0.113. The molecule has 1 aromatic carbocycles. The van der Waals surface area contributed by atoms with Gasteiger partial charge in [0.25, 0.3) is 0 Å². The first-order chi connectivity index (χ1) is 12.0. The Hall–Kier alpha value is -2.19. The third-order valence-electron chi connectivity index (χ3n) is 3.41. The number of thioether (sulfide) groups is 1. The van der Waals surface area contributed by atoms with Gasteiger partial charge in [0, 0.05) is 17.0 Å². The van der Waals surface area contributed by atoms with Crippen molar-refractivity contribution in [1.82, 2.24) is 19.7 Å². The molecule has 6 nitrogen and oxygen atoms in total. The fourth-order valence-electron chi connectivity index (χ4n) is 2.32. The van der Waals surface area contributed by atoms with Gasteiger partial charge in [0.2, 0.25) is 5.91 Å². The SMILES string of the molecule is Cc1csc(NC(=O)CSc2nnc(-c3ccccc3)n2C(C)C)n1. The van der Waals surface area contributed by atoms with Crippen LogP contribution >= 0.6 is 23.1 Å². The van der Waals surface area contributed by atoms with Crippen LogP contribution in [-0.4, -0.2) is 31.4 Å². The monoisotopic (exact) mass is 373 g/mol. The van der Waals surface area contributed by atoms with Crippen LogP contribution in [-0.2, 0) is 4.79 Å². The van der Waals surface area contributed by atoms with E-state index >= 15 is 0 Å². The van der Waals surface area contributed by atoms with Crippen molar-refractivity contribution in [3.63, 3.8) is 0 Å². The lowest BCUT2D eigenvalue weighted by atomic mass is 10.2. The van der Waals surface area contributed by atoms with Crippen molar-refractivity contribution in [2.24, 2.45) is 0 Å². The van der Waals surface area contributed by atoms with Gasteiger partial charge in [-0.05, 0) is 20.8 Å². The normalized spacial score (nSPS) is 11.0. The molecule has 0 saturated heterocycles. The highest BCUT2D eigenvalue weighted by Gasteiger charge is 2.17. The van der Waals surface area contributed by atoms with Crippen LogP contribution in [0.1, 0.15) is 25.6 Å². The summed E-state index contributed by atoms with van der Waals surface area (Å²) < 4.78 is 2.06. The average Bonchev–Trinajstić information content (AvgIpc) is 3.20. The van der Waals surface area contributed by atoms with Gasteiger partial charge in [-0.1, -0.05) is 42.1 Å². The highest BCUT2D eigenvalue weighted by atomic mass is 32.2. The number of carbonyl (C=O) groups excluding carboxylic acids is 1. The van der Waals surface area contributed by atoms with Gasteiger partial charge in [0.15, 0.2) is 16.1 Å². The summed E-state index contributed by atoms with van der Waals surface area (Å²) in [6.45, 7) is 6.06. The van der Waals surface area contributed by atoms with Crippen LogP contribution in [0.25, 0.3) is 11.4 Å². The quantitative estimate of drug-likeness (QED) is 0.661. The number of aryl methyl sites for hydroxylation is 1. The lowest BCUT2D eigenvalue weighted by Gasteiger charge is -2.13. The van der Waals surface area contributed by atoms with E-state index in [1.165, 1.54) is 23.1 Å². The molecule has 8 heteroatoms. The van der Waals surface area contributed by atoms with E-state index in [0.29, 0.717) is 5.13 Å². The first kappa shape index (κ1) is 17.6. The van der Waals surface area contributed by atoms with Crippen molar-refractivity contribution in [2.75, 3.05) is 11.1 Å². The molecule has 2 heterocycles. The molecule has 0 radical (unpaired) electrons. The largest absolute Gasteiger partial charge is 0.301 e. The van der Waals surface area contributed by atoms with Gasteiger partial charge in [-0.2, -0.15) is 0 Å². The molecular weight excluding hydrogens is 354 g/mol. The number of hydrogen-bond acceptors (Lipinski definition) is 6. The number of anilines is 1. The van der Waals surface area contributed by atoms with Crippen LogP contribution < -0.4 is 5.32 Å². The van der Waals surface area contributed by atoms with Gasteiger partial charge in [-0.15, -0.1) is 21.5 Å². The zero-order valence-corrected chi connectivity index (χ0v) is 15.9. The van der Waals surface area contributed by atoms with Gasteiger partial charge in [0.1, 0.15) is 0 Å². The number of benzene rings is 1. The van der Waals surface area contributed by atoms with E-state index in [9.17, 15) is 4.79 Å². The lowest BCUT2D eigenvalue weighted by Crippen LogP contribution is -2.15. The van der Waals surface area contributed by atoms with Crippen LogP contribution in [0.3, 0.4) is 0 Å². The van der Waals surface area contributed by atoms with Crippen molar-refractivity contribution in [3.8, 4) is 11.4 Å². The Labute approximate surface area is 154 Å². The number of nitrogens with zero attached hydrogens (tertiary/aromatic N) is 4.